The SMILES string of the molecule is CC1(C)C[C@H]2CCCCn3ccc(n3)S(=O)(=O)NC(=O)c3ccc(-n4ccc(OCCC5(C(F)(F)F)CC5)n4)nc3N1C2. The number of aromatic nitrogens is 5. The number of hydrogen-bond acceptors (Lipinski definition) is 8. The third kappa shape index (κ3) is 5.83. The van der Waals surface area contributed by atoms with E-state index in [0.29, 0.717) is 30.6 Å². The van der Waals surface area contributed by atoms with Crippen molar-refractivity contribution in [3.8, 4) is 11.7 Å². The van der Waals surface area contributed by atoms with Crippen LogP contribution < -0.4 is 14.4 Å². The summed E-state index contributed by atoms with van der Waals surface area (Å²) in [5.74, 6) is 0.322. The molecule has 0 aromatic carbocycles. The zero-order valence-electron chi connectivity index (χ0n) is 24.0. The summed E-state index contributed by atoms with van der Waals surface area (Å²) in [7, 11) is -4.24. The van der Waals surface area contributed by atoms with E-state index in [2.05, 4.69) is 28.8 Å². The van der Waals surface area contributed by atoms with Gasteiger partial charge in [-0.3, -0.25) is 9.48 Å². The van der Waals surface area contributed by atoms with Gasteiger partial charge in [-0.15, -0.1) is 5.10 Å². The molecule has 3 aromatic rings. The largest absolute Gasteiger partial charge is 0.477 e. The molecule has 5 heterocycles. The van der Waals surface area contributed by atoms with Gasteiger partial charge in [-0.05, 0) is 76.5 Å². The Kier molecular flexibility index (Phi) is 7.21. The molecule has 1 saturated carbocycles. The van der Waals surface area contributed by atoms with Gasteiger partial charge in [0.1, 0.15) is 5.82 Å². The maximum Gasteiger partial charge on any atom is 0.394 e. The highest BCUT2D eigenvalue weighted by Gasteiger charge is 2.62. The van der Waals surface area contributed by atoms with Crippen molar-refractivity contribution in [1.82, 2.24) is 29.3 Å². The summed E-state index contributed by atoms with van der Waals surface area (Å²) < 4.78 is 76.5. The molecule has 1 atom stereocenters. The Hall–Kier alpha value is -3.62. The van der Waals surface area contributed by atoms with Gasteiger partial charge in [0.25, 0.3) is 15.9 Å². The predicted molar refractivity (Wildman–Crippen MR) is 149 cm³/mol. The number of rotatable bonds is 5. The van der Waals surface area contributed by atoms with Crippen molar-refractivity contribution < 1.29 is 31.1 Å². The second-order valence-corrected chi connectivity index (χ2v) is 14.0. The van der Waals surface area contributed by atoms with Crippen LogP contribution in [-0.2, 0) is 16.6 Å². The number of amides is 1. The summed E-state index contributed by atoms with van der Waals surface area (Å²) in [5.41, 5.74) is -1.94. The van der Waals surface area contributed by atoms with Gasteiger partial charge in [0.15, 0.2) is 10.8 Å². The lowest BCUT2D eigenvalue weighted by atomic mass is 9.93. The Bertz CT molecular complexity index is 1630. The molecule has 2 fully saturated rings. The van der Waals surface area contributed by atoms with Gasteiger partial charge >= 0.3 is 6.18 Å². The van der Waals surface area contributed by atoms with E-state index in [9.17, 15) is 26.4 Å². The van der Waals surface area contributed by atoms with E-state index in [1.807, 2.05) is 4.90 Å². The molecule has 232 valence electrons. The third-order valence-electron chi connectivity index (χ3n) is 8.77. The predicted octanol–water partition coefficient (Wildman–Crippen LogP) is 4.48. The summed E-state index contributed by atoms with van der Waals surface area (Å²) in [6.07, 6.45) is 2.61. The summed E-state index contributed by atoms with van der Waals surface area (Å²) in [4.78, 5) is 20.3. The van der Waals surface area contributed by atoms with Crippen LogP contribution in [0.3, 0.4) is 0 Å². The molecule has 0 unspecified atom stereocenters. The van der Waals surface area contributed by atoms with Crippen molar-refractivity contribution in [1.29, 1.82) is 0 Å². The molecule has 43 heavy (non-hydrogen) atoms. The zero-order valence-corrected chi connectivity index (χ0v) is 24.8. The summed E-state index contributed by atoms with van der Waals surface area (Å²) in [6, 6.07) is 5.95. The van der Waals surface area contributed by atoms with Crippen LogP contribution in [0, 0.1) is 11.3 Å². The number of halogens is 3. The van der Waals surface area contributed by atoms with E-state index in [0.717, 1.165) is 25.7 Å². The van der Waals surface area contributed by atoms with Crippen LogP contribution in [0.15, 0.2) is 41.7 Å². The fourth-order valence-corrected chi connectivity index (χ4v) is 7.05. The molecule has 3 aliphatic rings. The van der Waals surface area contributed by atoms with Crippen molar-refractivity contribution >= 4 is 21.7 Å². The lowest BCUT2D eigenvalue weighted by Crippen LogP contribution is -2.41. The van der Waals surface area contributed by atoms with Gasteiger partial charge in [-0.2, -0.15) is 26.7 Å². The van der Waals surface area contributed by atoms with Crippen molar-refractivity contribution in [3.63, 3.8) is 0 Å². The van der Waals surface area contributed by atoms with Crippen LogP contribution >= 0.6 is 0 Å². The Morgan fingerprint density at radius 2 is 1.88 bits per heavy atom. The van der Waals surface area contributed by atoms with E-state index < -0.39 is 27.5 Å². The molecule has 2 aliphatic heterocycles. The molecule has 1 N–H and O–H groups in total. The van der Waals surface area contributed by atoms with E-state index in [-0.39, 0.29) is 47.9 Å². The van der Waals surface area contributed by atoms with Crippen LogP contribution in [0.5, 0.6) is 5.88 Å². The highest BCUT2D eigenvalue weighted by molar-refractivity contribution is 7.90. The lowest BCUT2D eigenvalue weighted by Gasteiger charge is -2.34. The number of sulfonamides is 1. The monoisotopic (exact) mass is 621 g/mol. The van der Waals surface area contributed by atoms with Gasteiger partial charge in [-0.25, -0.2) is 14.4 Å². The van der Waals surface area contributed by atoms with Crippen LogP contribution in [0.1, 0.15) is 69.2 Å². The van der Waals surface area contributed by atoms with E-state index in [4.69, 9.17) is 9.72 Å². The van der Waals surface area contributed by atoms with Crippen molar-refractivity contribution in [2.45, 2.75) is 82.1 Å². The Morgan fingerprint density at radius 1 is 1.09 bits per heavy atom. The second kappa shape index (κ2) is 10.5. The normalized spacial score (nSPS) is 22.7. The first-order valence-corrected chi connectivity index (χ1v) is 15.9. The number of hydrogen-bond donors (Lipinski definition) is 1. The maximum atomic E-state index is 13.5. The van der Waals surface area contributed by atoms with Gasteiger partial charge in [0, 0.05) is 37.1 Å². The zero-order chi connectivity index (χ0) is 30.6. The Morgan fingerprint density at radius 3 is 2.63 bits per heavy atom. The fraction of sp³-hybridized carbons (Fsp3) is 0.571. The number of nitrogens with one attached hydrogen (secondary N) is 1. The Labute approximate surface area is 247 Å². The van der Waals surface area contributed by atoms with Crippen LogP contribution in [0.25, 0.3) is 5.82 Å². The molecule has 1 amide bonds. The summed E-state index contributed by atoms with van der Waals surface area (Å²) in [6.45, 7) is 5.23. The quantitative estimate of drug-likeness (QED) is 0.442. The average molecular weight is 622 g/mol. The molecule has 1 aliphatic carbocycles. The number of anilines is 1. The van der Waals surface area contributed by atoms with Crippen LogP contribution in [0.2, 0.25) is 0 Å². The van der Waals surface area contributed by atoms with Crippen molar-refractivity contribution in [2.75, 3.05) is 18.1 Å². The highest BCUT2D eigenvalue weighted by atomic mass is 32.2. The lowest BCUT2D eigenvalue weighted by molar-refractivity contribution is -0.190. The van der Waals surface area contributed by atoms with Crippen LogP contribution in [-0.4, -0.2) is 63.7 Å². The van der Waals surface area contributed by atoms with Crippen LogP contribution in [0.4, 0.5) is 19.0 Å². The second-order valence-electron chi connectivity index (χ2n) is 12.4. The van der Waals surface area contributed by atoms with Gasteiger partial charge in [0.05, 0.1) is 17.6 Å². The number of aryl methyl sites for hydroxylation is 1. The molecule has 15 heteroatoms. The molecular weight excluding hydrogens is 587 g/mol. The topological polar surface area (TPSA) is 124 Å². The number of nitrogens with zero attached hydrogens (tertiary/aromatic N) is 6. The molecule has 0 spiro atoms. The van der Waals surface area contributed by atoms with E-state index in [1.54, 1.807) is 17.1 Å². The Balaban J connectivity index is 1.29. The summed E-state index contributed by atoms with van der Waals surface area (Å²) in [5, 5.41) is 8.25. The van der Waals surface area contributed by atoms with E-state index in [1.165, 1.54) is 28.9 Å². The number of pyridine rings is 1. The molecule has 0 radical (unpaired) electrons. The average Bonchev–Trinajstić information content (AvgIpc) is 3.23. The van der Waals surface area contributed by atoms with Crippen molar-refractivity contribution in [2.24, 2.45) is 11.3 Å². The van der Waals surface area contributed by atoms with Crippen molar-refractivity contribution in [3.05, 3.63) is 42.2 Å². The number of carbonyl (C=O) groups excluding carboxylic acids is 1. The molecule has 6 rings (SSSR count). The molecule has 1 saturated heterocycles. The highest BCUT2D eigenvalue weighted by Crippen LogP contribution is 2.59. The van der Waals surface area contributed by atoms with Gasteiger partial charge < -0.3 is 9.64 Å². The molecule has 3 aromatic heterocycles. The molecule has 4 bridgehead atoms. The first-order chi connectivity index (χ1) is 20.3. The van der Waals surface area contributed by atoms with Gasteiger partial charge in [-0.1, -0.05) is 6.42 Å². The first kappa shape index (κ1) is 29.5. The summed E-state index contributed by atoms with van der Waals surface area (Å²) >= 11 is 0. The molecular formula is C28H34F3N7O4S. The minimum absolute atomic E-state index is 0.0841. The third-order valence-corrected chi connectivity index (χ3v) is 10.00. The number of carbonyl (C=O) groups is 1. The smallest absolute Gasteiger partial charge is 0.394 e. The van der Waals surface area contributed by atoms with Gasteiger partial charge in [0.2, 0.25) is 5.88 Å². The first-order valence-electron chi connectivity index (χ1n) is 14.4. The van der Waals surface area contributed by atoms with E-state index >= 15 is 0 Å². The number of alkyl halides is 3. The number of ether oxygens (including phenoxy) is 1. The standard InChI is InChI=1S/C28H34F3N7O4S/c1-26(2)17-19-5-3-4-13-36-14-9-23(34-36)43(40,41)35-25(39)20-6-7-21(32-24(20)37(26)18-19)38-15-8-22(33-38)42-16-12-27(10-11-27)28(29,30)31/h6-9,14-15,19H,3-5,10-13,16-18H2,1-2H3,(H,35,39)/t19-/m1/s1. The fourth-order valence-electron chi connectivity index (χ4n) is 6.14. The molecule has 11 nitrogen and oxygen atoms in total. The minimum atomic E-state index is -4.25. The minimum Gasteiger partial charge on any atom is -0.477 e. The number of fused-ring (bicyclic) bond motifs is 6. The maximum absolute atomic E-state index is 13.5.